The van der Waals surface area contributed by atoms with Gasteiger partial charge in [-0.05, 0) is 44.9 Å². The predicted octanol–water partition coefficient (Wildman–Crippen LogP) is 2.95. The van der Waals surface area contributed by atoms with Crippen molar-refractivity contribution in [2.75, 3.05) is 20.3 Å². The van der Waals surface area contributed by atoms with Gasteiger partial charge in [-0.2, -0.15) is 0 Å². The van der Waals surface area contributed by atoms with E-state index in [1.165, 1.54) is 0 Å². The summed E-state index contributed by atoms with van der Waals surface area (Å²) in [6.07, 6.45) is 5.87. The van der Waals surface area contributed by atoms with Gasteiger partial charge >= 0.3 is 0 Å². The van der Waals surface area contributed by atoms with E-state index in [4.69, 9.17) is 9.47 Å². The molecular weight excluding hydrogens is 240 g/mol. The summed E-state index contributed by atoms with van der Waals surface area (Å²) in [5, 5.41) is 3.53. The maximum atomic E-state index is 5.69. The summed E-state index contributed by atoms with van der Waals surface area (Å²) in [5.74, 6) is 0.827. The van der Waals surface area contributed by atoms with Crippen LogP contribution in [0.15, 0.2) is 18.5 Å². The van der Waals surface area contributed by atoms with Crippen LogP contribution in [-0.2, 0) is 4.74 Å². The average Bonchev–Trinajstić information content (AvgIpc) is 2.38. The van der Waals surface area contributed by atoms with Crippen molar-refractivity contribution in [1.82, 2.24) is 10.3 Å². The Labute approximate surface area is 116 Å². The van der Waals surface area contributed by atoms with Crippen molar-refractivity contribution in [2.24, 2.45) is 0 Å². The third kappa shape index (κ3) is 6.03. The molecule has 4 nitrogen and oxygen atoms in total. The largest absolute Gasteiger partial charge is 0.489 e. The Kier molecular flexibility index (Phi) is 7.45. The lowest BCUT2D eigenvalue weighted by atomic mass is 10.1. The van der Waals surface area contributed by atoms with E-state index < -0.39 is 0 Å². The summed E-state index contributed by atoms with van der Waals surface area (Å²) in [7, 11) is 1.73. The van der Waals surface area contributed by atoms with Gasteiger partial charge in [0.1, 0.15) is 5.75 Å². The van der Waals surface area contributed by atoms with Crippen LogP contribution < -0.4 is 10.1 Å². The number of hydrogen-bond acceptors (Lipinski definition) is 4. The summed E-state index contributed by atoms with van der Waals surface area (Å²) < 4.78 is 10.9. The second kappa shape index (κ2) is 8.88. The Morgan fingerprint density at radius 1 is 1.32 bits per heavy atom. The lowest BCUT2D eigenvalue weighted by Gasteiger charge is -2.19. The maximum Gasteiger partial charge on any atom is 0.138 e. The molecule has 108 valence electrons. The van der Waals surface area contributed by atoms with Crippen molar-refractivity contribution in [3.63, 3.8) is 0 Å². The molecule has 0 saturated heterocycles. The quantitative estimate of drug-likeness (QED) is 0.746. The van der Waals surface area contributed by atoms with Gasteiger partial charge in [-0.1, -0.05) is 6.92 Å². The molecular formula is C15H26N2O2. The maximum absolute atomic E-state index is 5.69. The lowest BCUT2D eigenvalue weighted by molar-refractivity contribution is 0.182. The number of nitrogens with zero attached hydrogens (tertiary/aromatic N) is 1. The van der Waals surface area contributed by atoms with Crippen molar-refractivity contribution >= 4 is 0 Å². The molecule has 0 aliphatic rings. The van der Waals surface area contributed by atoms with E-state index in [1.807, 2.05) is 20.0 Å². The first-order valence-corrected chi connectivity index (χ1v) is 7.01. The van der Waals surface area contributed by atoms with E-state index in [2.05, 4.69) is 23.3 Å². The summed E-state index contributed by atoms with van der Waals surface area (Å²) in [6.45, 7) is 7.92. The molecule has 1 aromatic rings. The SMILES string of the molecule is CCCNC(CCOC)c1cncc(OC(C)C)c1. The molecule has 0 fully saturated rings. The normalized spacial score (nSPS) is 12.7. The van der Waals surface area contributed by atoms with Gasteiger partial charge in [-0.3, -0.25) is 4.98 Å². The first-order valence-electron chi connectivity index (χ1n) is 7.01. The van der Waals surface area contributed by atoms with Crippen molar-refractivity contribution in [3.8, 4) is 5.75 Å². The first kappa shape index (κ1) is 15.9. The molecule has 0 radical (unpaired) electrons. The number of pyridine rings is 1. The lowest BCUT2D eigenvalue weighted by Crippen LogP contribution is -2.23. The Bertz CT molecular complexity index is 348. The van der Waals surface area contributed by atoms with Crippen LogP contribution in [-0.4, -0.2) is 31.3 Å². The molecule has 0 aromatic carbocycles. The van der Waals surface area contributed by atoms with Gasteiger partial charge in [-0.15, -0.1) is 0 Å². The monoisotopic (exact) mass is 266 g/mol. The topological polar surface area (TPSA) is 43.4 Å². The van der Waals surface area contributed by atoms with Gasteiger partial charge in [0, 0.05) is 26.0 Å². The fourth-order valence-corrected chi connectivity index (χ4v) is 1.90. The van der Waals surface area contributed by atoms with Gasteiger partial charge in [0.25, 0.3) is 0 Å². The van der Waals surface area contributed by atoms with Gasteiger partial charge < -0.3 is 14.8 Å². The minimum atomic E-state index is 0.165. The van der Waals surface area contributed by atoms with Crippen LogP contribution in [0, 0.1) is 0 Å². The Morgan fingerprint density at radius 2 is 2.11 bits per heavy atom. The van der Waals surface area contributed by atoms with Gasteiger partial charge in [0.2, 0.25) is 0 Å². The van der Waals surface area contributed by atoms with E-state index in [-0.39, 0.29) is 12.1 Å². The van der Waals surface area contributed by atoms with Crippen LogP contribution in [0.5, 0.6) is 5.75 Å². The van der Waals surface area contributed by atoms with Crippen LogP contribution in [0.3, 0.4) is 0 Å². The first-order chi connectivity index (χ1) is 9.17. The fraction of sp³-hybridized carbons (Fsp3) is 0.667. The summed E-state index contributed by atoms with van der Waals surface area (Å²) in [6, 6.07) is 2.33. The van der Waals surface area contributed by atoms with Crippen LogP contribution in [0.25, 0.3) is 0 Å². The molecule has 1 rings (SSSR count). The number of ether oxygens (including phenoxy) is 2. The molecule has 0 bridgehead atoms. The molecule has 0 amide bonds. The van der Waals surface area contributed by atoms with Crippen LogP contribution in [0.2, 0.25) is 0 Å². The molecule has 0 aliphatic carbocycles. The molecule has 1 N–H and O–H groups in total. The minimum Gasteiger partial charge on any atom is -0.489 e. The van der Waals surface area contributed by atoms with E-state index in [0.29, 0.717) is 0 Å². The van der Waals surface area contributed by atoms with E-state index in [0.717, 1.165) is 37.3 Å². The zero-order valence-electron chi connectivity index (χ0n) is 12.5. The third-order valence-corrected chi connectivity index (χ3v) is 2.76. The Morgan fingerprint density at radius 3 is 2.74 bits per heavy atom. The number of hydrogen-bond donors (Lipinski definition) is 1. The average molecular weight is 266 g/mol. The van der Waals surface area contributed by atoms with E-state index in [1.54, 1.807) is 13.3 Å². The molecule has 1 aromatic heterocycles. The zero-order chi connectivity index (χ0) is 14.1. The molecule has 1 atom stereocenters. The number of methoxy groups -OCH3 is 1. The molecule has 0 spiro atoms. The number of rotatable bonds is 9. The molecule has 1 heterocycles. The summed E-state index contributed by atoms with van der Waals surface area (Å²) in [5.41, 5.74) is 1.16. The van der Waals surface area contributed by atoms with Crippen LogP contribution in [0.1, 0.15) is 45.2 Å². The smallest absolute Gasteiger partial charge is 0.138 e. The van der Waals surface area contributed by atoms with Gasteiger partial charge in [0.05, 0.1) is 12.3 Å². The molecule has 0 saturated carbocycles. The fourth-order valence-electron chi connectivity index (χ4n) is 1.90. The third-order valence-electron chi connectivity index (χ3n) is 2.76. The van der Waals surface area contributed by atoms with E-state index in [9.17, 15) is 0 Å². The number of nitrogens with one attached hydrogen (secondary N) is 1. The Hall–Kier alpha value is -1.13. The van der Waals surface area contributed by atoms with Crippen molar-refractivity contribution in [3.05, 3.63) is 24.0 Å². The van der Waals surface area contributed by atoms with Gasteiger partial charge in [0.15, 0.2) is 0 Å². The van der Waals surface area contributed by atoms with Crippen LogP contribution in [0.4, 0.5) is 0 Å². The zero-order valence-corrected chi connectivity index (χ0v) is 12.5. The molecule has 4 heteroatoms. The van der Waals surface area contributed by atoms with Gasteiger partial charge in [-0.25, -0.2) is 0 Å². The van der Waals surface area contributed by atoms with Crippen molar-refractivity contribution in [1.29, 1.82) is 0 Å². The van der Waals surface area contributed by atoms with Crippen molar-refractivity contribution < 1.29 is 9.47 Å². The van der Waals surface area contributed by atoms with Crippen molar-refractivity contribution in [2.45, 2.75) is 45.8 Å². The molecule has 0 aliphatic heterocycles. The van der Waals surface area contributed by atoms with Crippen LogP contribution >= 0.6 is 0 Å². The molecule has 19 heavy (non-hydrogen) atoms. The Balaban J connectivity index is 2.75. The minimum absolute atomic E-state index is 0.165. The number of aromatic nitrogens is 1. The summed E-state index contributed by atoms with van der Waals surface area (Å²) in [4.78, 5) is 4.27. The highest BCUT2D eigenvalue weighted by atomic mass is 16.5. The predicted molar refractivity (Wildman–Crippen MR) is 77.5 cm³/mol. The second-order valence-corrected chi connectivity index (χ2v) is 4.91. The standard InChI is InChI=1S/C15H26N2O2/c1-5-7-17-15(6-8-18-4)13-9-14(11-16-10-13)19-12(2)3/h9-12,15,17H,5-8H2,1-4H3. The highest BCUT2D eigenvalue weighted by Crippen LogP contribution is 2.21. The summed E-state index contributed by atoms with van der Waals surface area (Å²) >= 11 is 0. The highest BCUT2D eigenvalue weighted by Gasteiger charge is 2.12. The van der Waals surface area contributed by atoms with E-state index >= 15 is 0 Å². The second-order valence-electron chi connectivity index (χ2n) is 4.91. The molecule has 1 unspecified atom stereocenters. The highest BCUT2D eigenvalue weighted by molar-refractivity contribution is 5.26.